The van der Waals surface area contributed by atoms with Crippen molar-refractivity contribution in [2.75, 3.05) is 24.7 Å². The number of nitrogens with zero attached hydrogens (tertiary/aromatic N) is 2. The zero-order valence-electron chi connectivity index (χ0n) is 11.5. The molecule has 0 saturated carbocycles. The molecule has 4 nitrogen and oxygen atoms in total. The molecule has 0 spiro atoms. The van der Waals surface area contributed by atoms with Crippen LogP contribution in [0.1, 0.15) is 39.5 Å². The van der Waals surface area contributed by atoms with E-state index in [2.05, 4.69) is 22.2 Å². The molecule has 0 atom stereocenters. The summed E-state index contributed by atoms with van der Waals surface area (Å²) in [5, 5.41) is 3.94. The van der Waals surface area contributed by atoms with Crippen molar-refractivity contribution in [2.24, 2.45) is 0 Å². The number of unbranched alkanes of at least 4 members (excludes halogenated alkanes) is 3. The summed E-state index contributed by atoms with van der Waals surface area (Å²) in [4.78, 5) is 8.70. The summed E-state index contributed by atoms with van der Waals surface area (Å²) in [6.45, 7) is 5.84. The summed E-state index contributed by atoms with van der Waals surface area (Å²) in [6, 6.07) is 1.86. The molecule has 102 valence electrons. The van der Waals surface area contributed by atoms with Gasteiger partial charge >= 0.3 is 0 Å². The largest absolute Gasteiger partial charge is 0.478 e. The highest BCUT2D eigenvalue weighted by Crippen LogP contribution is 2.19. The Bertz CT molecular complexity index is 347. The van der Waals surface area contributed by atoms with Gasteiger partial charge in [0, 0.05) is 12.6 Å². The third-order valence-corrected chi connectivity index (χ3v) is 3.02. The van der Waals surface area contributed by atoms with Crippen LogP contribution >= 0.6 is 11.8 Å². The molecule has 1 N–H and O–H groups in total. The molecular formula is C13H23N3OS. The number of aromatic nitrogens is 2. The molecule has 0 aliphatic carbocycles. The minimum Gasteiger partial charge on any atom is -0.478 e. The average Bonchev–Trinajstić information content (AvgIpc) is 2.38. The zero-order valence-corrected chi connectivity index (χ0v) is 12.3. The SMILES string of the molecule is CCCCCCOc1cc(NCC)nc(SC)n1. The van der Waals surface area contributed by atoms with E-state index >= 15 is 0 Å². The van der Waals surface area contributed by atoms with E-state index in [-0.39, 0.29) is 0 Å². The molecule has 0 radical (unpaired) electrons. The van der Waals surface area contributed by atoms with E-state index in [0.29, 0.717) is 5.88 Å². The van der Waals surface area contributed by atoms with Crippen molar-refractivity contribution >= 4 is 17.6 Å². The van der Waals surface area contributed by atoms with Crippen LogP contribution in [0.4, 0.5) is 5.82 Å². The first kappa shape index (κ1) is 15.1. The van der Waals surface area contributed by atoms with Crippen LogP contribution in [0.25, 0.3) is 0 Å². The predicted molar refractivity (Wildman–Crippen MR) is 77.6 cm³/mol. The van der Waals surface area contributed by atoms with Crippen LogP contribution in [0.3, 0.4) is 0 Å². The first-order valence-electron chi connectivity index (χ1n) is 6.59. The fourth-order valence-electron chi connectivity index (χ4n) is 1.55. The normalized spacial score (nSPS) is 10.4. The first-order chi connectivity index (χ1) is 8.80. The molecule has 1 rings (SSSR count). The Labute approximate surface area is 114 Å². The summed E-state index contributed by atoms with van der Waals surface area (Å²) in [5.74, 6) is 1.50. The molecule has 0 bridgehead atoms. The Kier molecular flexibility index (Phi) is 7.57. The topological polar surface area (TPSA) is 47.0 Å². The Morgan fingerprint density at radius 1 is 1.22 bits per heavy atom. The van der Waals surface area contributed by atoms with Gasteiger partial charge in [0.25, 0.3) is 0 Å². The molecular weight excluding hydrogens is 246 g/mol. The second-order valence-electron chi connectivity index (χ2n) is 4.02. The molecule has 0 unspecified atom stereocenters. The maximum absolute atomic E-state index is 5.68. The Morgan fingerprint density at radius 3 is 2.72 bits per heavy atom. The van der Waals surface area contributed by atoms with Crippen LogP contribution in [0.15, 0.2) is 11.2 Å². The highest BCUT2D eigenvalue weighted by molar-refractivity contribution is 7.98. The maximum Gasteiger partial charge on any atom is 0.219 e. The van der Waals surface area contributed by atoms with E-state index in [0.717, 1.165) is 30.5 Å². The fourth-order valence-corrected chi connectivity index (χ4v) is 1.92. The standard InChI is InChI=1S/C13H23N3OS/c1-4-6-7-8-9-17-12-10-11(14-5-2)15-13(16-12)18-3/h10H,4-9H2,1-3H3,(H,14,15,16). The number of hydrogen-bond donors (Lipinski definition) is 1. The summed E-state index contributed by atoms with van der Waals surface area (Å²) in [5.41, 5.74) is 0. The summed E-state index contributed by atoms with van der Waals surface area (Å²) in [6.07, 6.45) is 6.79. The second-order valence-corrected chi connectivity index (χ2v) is 4.79. The van der Waals surface area contributed by atoms with Crippen LogP contribution in [0, 0.1) is 0 Å². The van der Waals surface area contributed by atoms with E-state index in [1.165, 1.54) is 31.0 Å². The number of rotatable bonds is 9. The Morgan fingerprint density at radius 2 is 2.06 bits per heavy atom. The number of hydrogen-bond acceptors (Lipinski definition) is 5. The van der Waals surface area contributed by atoms with Gasteiger partial charge < -0.3 is 10.1 Å². The lowest BCUT2D eigenvalue weighted by Gasteiger charge is -2.09. The number of ether oxygens (including phenoxy) is 1. The van der Waals surface area contributed by atoms with Crippen molar-refractivity contribution in [3.8, 4) is 5.88 Å². The molecule has 0 fully saturated rings. The quantitative estimate of drug-likeness (QED) is 0.422. The number of thioether (sulfide) groups is 1. The molecule has 5 heteroatoms. The molecule has 1 heterocycles. The van der Waals surface area contributed by atoms with Crippen LogP contribution in [-0.2, 0) is 0 Å². The predicted octanol–water partition coefficient (Wildman–Crippen LogP) is 3.59. The van der Waals surface area contributed by atoms with Crippen LogP contribution in [0.5, 0.6) is 5.88 Å². The summed E-state index contributed by atoms with van der Waals surface area (Å²) < 4.78 is 5.68. The van der Waals surface area contributed by atoms with Gasteiger partial charge in [0.15, 0.2) is 5.16 Å². The molecule has 0 aromatic carbocycles. The van der Waals surface area contributed by atoms with Crippen molar-refractivity contribution in [3.05, 3.63) is 6.07 Å². The van der Waals surface area contributed by atoms with Gasteiger partial charge in [-0.3, -0.25) is 0 Å². The summed E-state index contributed by atoms with van der Waals surface area (Å²) >= 11 is 1.53. The molecule has 0 aliphatic rings. The zero-order chi connectivity index (χ0) is 13.2. The van der Waals surface area contributed by atoms with Gasteiger partial charge in [-0.2, -0.15) is 4.98 Å². The lowest BCUT2D eigenvalue weighted by molar-refractivity contribution is 0.291. The van der Waals surface area contributed by atoms with E-state index in [4.69, 9.17) is 4.74 Å². The van der Waals surface area contributed by atoms with Crippen LogP contribution < -0.4 is 10.1 Å². The molecule has 1 aromatic rings. The minimum atomic E-state index is 0.668. The van der Waals surface area contributed by atoms with Crippen molar-refractivity contribution in [1.29, 1.82) is 0 Å². The smallest absolute Gasteiger partial charge is 0.219 e. The van der Waals surface area contributed by atoms with E-state index in [9.17, 15) is 0 Å². The minimum absolute atomic E-state index is 0.668. The summed E-state index contributed by atoms with van der Waals surface area (Å²) in [7, 11) is 0. The number of nitrogens with one attached hydrogen (secondary N) is 1. The van der Waals surface area contributed by atoms with E-state index < -0.39 is 0 Å². The van der Waals surface area contributed by atoms with E-state index in [1.807, 2.05) is 19.2 Å². The number of anilines is 1. The van der Waals surface area contributed by atoms with Crippen molar-refractivity contribution in [3.63, 3.8) is 0 Å². The maximum atomic E-state index is 5.68. The van der Waals surface area contributed by atoms with Crippen LogP contribution in [-0.4, -0.2) is 29.4 Å². The van der Waals surface area contributed by atoms with Gasteiger partial charge in [-0.1, -0.05) is 37.9 Å². The lowest BCUT2D eigenvalue weighted by atomic mass is 10.2. The lowest BCUT2D eigenvalue weighted by Crippen LogP contribution is -2.04. The van der Waals surface area contributed by atoms with Crippen molar-refractivity contribution in [2.45, 2.75) is 44.7 Å². The van der Waals surface area contributed by atoms with Gasteiger partial charge in [-0.15, -0.1) is 0 Å². The second kappa shape index (κ2) is 9.03. The highest BCUT2D eigenvalue weighted by atomic mass is 32.2. The van der Waals surface area contributed by atoms with Crippen molar-refractivity contribution < 1.29 is 4.74 Å². The van der Waals surface area contributed by atoms with Crippen LogP contribution in [0.2, 0.25) is 0 Å². The highest BCUT2D eigenvalue weighted by Gasteiger charge is 2.04. The Hall–Kier alpha value is -0.970. The molecule has 0 aliphatic heterocycles. The van der Waals surface area contributed by atoms with Gasteiger partial charge in [-0.05, 0) is 19.6 Å². The van der Waals surface area contributed by atoms with Crippen molar-refractivity contribution in [1.82, 2.24) is 9.97 Å². The van der Waals surface area contributed by atoms with E-state index in [1.54, 1.807) is 0 Å². The molecule has 18 heavy (non-hydrogen) atoms. The monoisotopic (exact) mass is 269 g/mol. The average molecular weight is 269 g/mol. The molecule has 0 amide bonds. The van der Waals surface area contributed by atoms with Gasteiger partial charge in [0.1, 0.15) is 5.82 Å². The Balaban J connectivity index is 2.50. The van der Waals surface area contributed by atoms with Gasteiger partial charge in [-0.25, -0.2) is 4.98 Å². The fraction of sp³-hybridized carbons (Fsp3) is 0.692. The third-order valence-electron chi connectivity index (χ3n) is 2.47. The van der Waals surface area contributed by atoms with Gasteiger partial charge in [0.2, 0.25) is 5.88 Å². The molecule has 0 saturated heterocycles. The third kappa shape index (κ3) is 5.58. The van der Waals surface area contributed by atoms with Gasteiger partial charge in [0.05, 0.1) is 6.61 Å². The first-order valence-corrected chi connectivity index (χ1v) is 7.82. The molecule has 1 aromatic heterocycles.